The number of para-hydroxylation sites is 1. The lowest BCUT2D eigenvalue weighted by Gasteiger charge is -2.39. The van der Waals surface area contributed by atoms with Gasteiger partial charge in [-0.2, -0.15) is 0 Å². The standard InChI is InChI=1S/C21H31NO3/c1-6-7-10-17-15-16(18-11-8-9-12-19(18)24-5)13-14-22(17)20(23)25-21(2,3)4/h7-12,16-17H,6,13-15H2,1-5H3. The van der Waals surface area contributed by atoms with Gasteiger partial charge in [0.1, 0.15) is 11.4 Å². The summed E-state index contributed by atoms with van der Waals surface area (Å²) in [6, 6.07) is 8.24. The van der Waals surface area contributed by atoms with Crippen LogP contribution in [0.1, 0.15) is 58.4 Å². The molecule has 1 fully saturated rings. The van der Waals surface area contributed by atoms with E-state index in [0.717, 1.165) is 25.0 Å². The third-order valence-electron chi connectivity index (χ3n) is 4.45. The van der Waals surface area contributed by atoms with Crippen LogP contribution in [-0.2, 0) is 4.74 Å². The highest BCUT2D eigenvalue weighted by atomic mass is 16.6. The minimum atomic E-state index is -0.477. The first-order chi connectivity index (χ1) is 11.9. The van der Waals surface area contributed by atoms with Gasteiger partial charge in [0, 0.05) is 6.54 Å². The quantitative estimate of drug-likeness (QED) is 0.709. The Labute approximate surface area is 151 Å². The van der Waals surface area contributed by atoms with E-state index in [1.54, 1.807) is 7.11 Å². The summed E-state index contributed by atoms with van der Waals surface area (Å²) in [6.07, 6.45) is 6.80. The molecule has 0 aliphatic carbocycles. The van der Waals surface area contributed by atoms with Crippen LogP contribution in [0.5, 0.6) is 5.75 Å². The summed E-state index contributed by atoms with van der Waals surface area (Å²) in [4.78, 5) is 14.5. The second kappa shape index (κ2) is 8.41. The molecular weight excluding hydrogens is 314 g/mol. The lowest BCUT2D eigenvalue weighted by molar-refractivity contribution is 0.0134. The molecule has 2 rings (SSSR count). The maximum Gasteiger partial charge on any atom is 0.410 e. The van der Waals surface area contributed by atoms with E-state index in [0.29, 0.717) is 12.5 Å². The average Bonchev–Trinajstić information content (AvgIpc) is 2.58. The minimum absolute atomic E-state index is 0.0541. The number of benzene rings is 1. The summed E-state index contributed by atoms with van der Waals surface area (Å²) in [5.74, 6) is 1.30. The molecule has 1 heterocycles. The largest absolute Gasteiger partial charge is 0.496 e. The molecule has 4 nitrogen and oxygen atoms in total. The van der Waals surface area contributed by atoms with Crippen LogP contribution in [0.25, 0.3) is 0 Å². The molecule has 2 atom stereocenters. The lowest BCUT2D eigenvalue weighted by atomic mass is 9.84. The molecule has 1 aromatic rings. The minimum Gasteiger partial charge on any atom is -0.496 e. The fourth-order valence-corrected chi connectivity index (χ4v) is 3.31. The molecule has 0 aromatic heterocycles. The fraction of sp³-hybridized carbons (Fsp3) is 0.571. The van der Waals surface area contributed by atoms with Crippen molar-refractivity contribution < 1.29 is 14.3 Å². The van der Waals surface area contributed by atoms with Crippen molar-refractivity contribution in [3.63, 3.8) is 0 Å². The Morgan fingerprint density at radius 1 is 1.32 bits per heavy atom. The highest BCUT2D eigenvalue weighted by Crippen LogP contribution is 2.37. The third-order valence-corrected chi connectivity index (χ3v) is 4.45. The van der Waals surface area contributed by atoms with E-state index in [-0.39, 0.29) is 12.1 Å². The van der Waals surface area contributed by atoms with Crippen LogP contribution >= 0.6 is 0 Å². The van der Waals surface area contributed by atoms with Gasteiger partial charge in [0.05, 0.1) is 13.2 Å². The average molecular weight is 345 g/mol. The van der Waals surface area contributed by atoms with Gasteiger partial charge in [0.15, 0.2) is 0 Å². The molecule has 0 bridgehead atoms. The maximum absolute atomic E-state index is 12.6. The zero-order chi connectivity index (χ0) is 18.4. The SMILES string of the molecule is CCC=CC1CC(c2ccccc2OC)CCN1C(=O)OC(C)(C)C. The molecule has 0 radical (unpaired) electrons. The van der Waals surface area contributed by atoms with Crippen LogP contribution in [-0.4, -0.2) is 36.3 Å². The first-order valence-corrected chi connectivity index (χ1v) is 9.15. The molecule has 0 saturated carbocycles. The predicted octanol–water partition coefficient (Wildman–Crippen LogP) is 5.14. The van der Waals surface area contributed by atoms with Gasteiger partial charge in [-0.05, 0) is 57.6 Å². The molecular formula is C21H31NO3. The third kappa shape index (κ3) is 5.25. The molecule has 25 heavy (non-hydrogen) atoms. The molecule has 1 aliphatic rings. The molecule has 1 aliphatic heterocycles. The number of carbonyl (C=O) groups is 1. The number of piperidine rings is 1. The van der Waals surface area contributed by atoms with Crippen molar-refractivity contribution >= 4 is 6.09 Å². The molecule has 1 saturated heterocycles. The zero-order valence-electron chi connectivity index (χ0n) is 16.1. The number of rotatable bonds is 4. The highest BCUT2D eigenvalue weighted by Gasteiger charge is 2.34. The molecule has 0 N–H and O–H groups in total. The van der Waals surface area contributed by atoms with Gasteiger partial charge in [0.2, 0.25) is 0 Å². The van der Waals surface area contributed by atoms with E-state index >= 15 is 0 Å². The molecule has 138 valence electrons. The summed E-state index contributed by atoms with van der Waals surface area (Å²) in [5, 5.41) is 0. The number of methoxy groups -OCH3 is 1. The van der Waals surface area contributed by atoms with E-state index in [1.165, 1.54) is 5.56 Å². The van der Waals surface area contributed by atoms with Crippen molar-refractivity contribution in [3.8, 4) is 5.75 Å². The first kappa shape index (κ1) is 19.4. The van der Waals surface area contributed by atoms with Crippen LogP contribution in [0.2, 0.25) is 0 Å². The fourth-order valence-electron chi connectivity index (χ4n) is 3.31. The molecule has 1 amide bonds. The molecule has 0 spiro atoms. The summed E-state index contributed by atoms with van der Waals surface area (Å²) in [6.45, 7) is 8.52. The van der Waals surface area contributed by atoms with E-state index in [9.17, 15) is 4.79 Å². The number of ether oxygens (including phenoxy) is 2. The molecule has 1 aromatic carbocycles. The van der Waals surface area contributed by atoms with Crippen LogP contribution in [0.15, 0.2) is 36.4 Å². The van der Waals surface area contributed by atoms with Gasteiger partial charge in [-0.3, -0.25) is 0 Å². The van der Waals surface area contributed by atoms with Crippen LogP contribution in [0, 0.1) is 0 Å². The number of hydrogen-bond donors (Lipinski definition) is 0. The van der Waals surface area contributed by atoms with Gasteiger partial charge < -0.3 is 14.4 Å². The topological polar surface area (TPSA) is 38.8 Å². The van der Waals surface area contributed by atoms with Crippen LogP contribution in [0.3, 0.4) is 0 Å². The van der Waals surface area contributed by atoms with Crippen molar-refractivity contribution in [1.29, 1.82) is 0 Å². The Bertz CT molecular complexity index is 603. The Morgan fingerprint density at radius 2 is 2.04 bits per heavy atom. The second-order valence-corrected chi connectivity index (χ2v) is 7.54. The number of hydrogen-bond acceptors (Lipinski definition) is 3. The van der Waals surface area contributed by atoms with Crippen molar-refractivity contribution in [2.75, 3.05) is 13.7 Å². The Balaban J connectivity index is 2.19. The van der Waals surface area contributed by atoms with E-state index < -0.39 is 5.60 Å². The molecule has 4 heteroatoms. The van der Waals surface area contributed by atoms with Gasteiger partial charge in [-0.1, -0.05) is 37.3 Å². The summed E-state index contributed by atoms with van der Waals surface area (Å²) in [7, 11) is 1.71. The van der Waals surface area contributed by atoms with Crippen molar-refractivity contribution in [2.45, 2.75) is 64.5 Å². The number of likely N-dealkylation sites (tertiary alicyclic amines) is 1. The summed E-state index contributed by atoms with van der Waals surface area (Å²) >= 11 is 0. The van der Waals surface area contributed by atoms with Gasteiger partial charge in [-0.25, -0.2) is 4.79 Å². The highest BCUT2D eigenvalue weighted by molar-refractivity contribution is 5.69. The first-order valence-electron chi connectivity index (χ1n) is 9.15. The smallest absolute Gasteiger partial charge is 0.410 e. The second-order valence-electron chi connectivity index (χ2n) is 7.54. The Hall–Kier alpha value is -1.97. The number of nitrogens with zero attached hydrogens (tertiary/aromatic N) is 1. The summed E-state index contributed by atoms with van der Waals surface area (Å²) < 4.78 is 11.1. The van der Waals surface area contributed by atoms with E-state index in [1.807, 2.05) is 37.8 Å². The zero-order valence-corrected chi connectivity index (χ0v) is 16.1. The van der Waals surface area contributed by atoms with Crippen molar-refractivity contribution in [1.82, 2.24) is 4.90 Å². The van der Waals surface area contributed by atoms with Gasteiger partial charge in [0.25, 0.3) is 0 Å². The van der Waals surface area contributed by atoms with Crippen molar-refractivity contribution in [2.24, 2.45) is 0 Å². The number of amides is 1. The Kier molecular flexibility index (Phi) is 6.51. The lowest BCUT2D eigenvalue weighted by Crippen LogP contribution is -2.46. The molecule has 2 unspecified atom stereocenters. The normalized spacial score (nSPS) is 21.4. The van der Waals surface area contributed by atoms with Gasteiger partial charge in [-0.15, -0.1) is 0 Å². The predicted molar refractivity (Wildman–Crippen MR) is 101 cm³/mol. The number of carbonyl (C=O) groups excluding carboxylic acids is 1. The Morgan fingerprint density at radius 3 is 2.68 bits per heavy atom. The number of allylic oxidation sites excluding steroid dienone is 1. The van der Waals surface area contributed by atoms with Crippen LogP contribution in [0.4, 0.5) is 4.79 Å². The van der Waals surface area contributed by atoms with E-state index in [4.69, 9.17) is 9.47 Å². The summed E-state index contributed by atoms with van der Waals surface area (Å²) in [5.41, 5.74) is 0.749. The van der Waals surface area contributed by atoms with Gasteiger partial charge >= 0.3 is 6.09 Å². The maximum atomic E-state index is 12.6. The monoisotopic (exact) mass is 345 g/mol. The van der Waals surface area contributed by atoms with E-state index in [2.05, 4.69) is 31.2 Å². The van der Waals surface area contributed by atoms with Crippen LogP contribution < -0.4 is 4.74 Å². The van der Waals surface area contributed by atoms with Crippen molar-refractivity contribution in [3.05, 3.63) is 42.0 Å².